The molecule has 2 aliphatic carbocycles. The largest absolute Gasteiger partial charge is 4.00 e. The molecule has 0 saturated heterocycles. The standard InChI is InChI=1S/2C20H16F2N.2C5H5O2.Ti/c2*1-15-7-10-18(11-8-15)23(14-16-5-3-2-4-6-16)20-12-9-17(21)13-19(20)22;2*6-4-2-1-3-5(4)7;/h2*2-12H,14H2,1H3;2*2H,1,3H2;/q4*-1;+4. The number of anilines is 4. The van der Waals surface area contributed by atoms with Gasteiger partial charge in [0.15, 0.2) is 0 Å². The van der Waals surface area contributed by atoms with Gasteiger partial charge in [-0.1, -0.05) is 109 Å². The predicted molar refractivity (Wildman–Crippen MR) is 224 cm³/mol. The van der Waals surface area contributed by atoms with Crippen LogP contribution in [0.25, 0.3) is 0 Å². The van der Waals surface area contributed by atoms with E-state index in [4.69, 9.17) is 0 Å². The number of hydrogen-bond donors (Lipinski definition) is 0. The molecule has 308 valence electrons. The fraction of sp³-hybridized carbons (Fsp3) is 0.160. The Balaban J connectivity index is 0.000000202. The molecule has 0 bridgehead atoms. The van der Waals surface area contributed by atoms with E-state index in [0.717, 1.165) is 33.6 Å². The summed E-state index contributed by atoms with van der Waals surface area (Å²) >= 11 is 0. The first kappa shape index (κ1) is 47.5. The average Bonchev–Trinajstić information content (AvgIpc) is 3.82. The van der Waals surface area contributed by atoms with Crippen LogP contribution in [0.5, 0.6) is 0 Å². The summed E-state index contributed by atoms with van der Waals surface area (Å²) in [5, 5.41) is 0. The van der Waals surface area contributed by atoms with E-state index in [9.17, 15) is 36.7 Å². The van der Waals surface area contributed by atoms with Crippen LogP contribution in [-0.2, 0) is 54.0 Å². The average molecular weight is 859 g/mol. The van der Waals surface area contributed by atoms with Crippen LogP contribution in [0.3, 0.4) is 0 Å². The summed E-state index contributed by atoms with van der Waals surface area (Å²) < 4.78 is 54.8. The number of benzene rings is 6. The Morgan fingerprint density at radius 3 is 1.10 bits per heavy atom. The molecule has 6 aromatic rings. The maximum absolute atomic E-state index is 14.2. The van der Waals surface area contributed by atoms with Gasteiger partial charge in [-0.2, -0.15) is 12.8 Å². The molecule has 2 saturated carbocycles. The minimum atomic E-state index is -0.699. The minimum Gasteiger partial charge on any atom is -0.403 e. The van der Waals surface area contributed by atoms with Gasteiger partial charge in [0, 0.05) is 59.3 Å². The molecule has 0 radical (unpaired) electrons. The minimum absolute atomic E-state index is 0. The van der Waals surface area contributed by atoms with Crippen molar-refractivity contribution in [2.75, 3.05) is 9.80 Å². The number of nitrogens with zero attached hydrogens (tertiary/aromatic N) is 2. The van der Waals surface area contributed by atoms with Crippen molar-refractivity contribution in [1.82, 2.24) is 0 Å². The van der Waals surface area contributed by atoms with Crippen molar-refractivity contribution in [2.24, 2.45) is 0 Å². The summed E-state index contributed by atoms with van der Waals surface area (Å²) in [7, 11) is 0. The molecule has 0 amide bonds. The van der Waals surface area contributed by atoms with Gasteiger partial charge in [-0.15, -0.1) is 49.2 Å². The van der Waals surface area contributed by atoms with Gasteiger partial charge in [0.2, 0.25) is 0 Å². The maximum atomic E-state index is 14.2. The molecule has 0 atom stereocenters. The summed E-state index contributed by atoms with van der Waals surface area (Å²) in [4.78, 5) is 44.4. The molecule has 0 spiro atoms. The second kappa shape index (κ2) is 23.5. The number of carbonyl (C=O) groups excluding carboxylic acids is 4. The molecule has 61 heavy (non-hydrogen) atoms. The van der Waals surface area contributed by atoms with E-state index >= 15 is 0 Å². The zero-order valence-electron chi connectivity index (χ0n) is 33.6. The molecular weight excluding hydrogens is 816 g/mol. The Labute approximate surface area is 369 Å². The van der Waals surface area contributed by atoms with E-state index in [0.29, 0.717) is 50.1 Å². The van der Waals surface area contributed by atoms with Gasteiger partial charge in [0.05, 0.1) is 11.6 Å². The molecule has 8 rings (SSSR count). The van der Waals surface area contributed by atoms with Crippen LogP contribution in [0.4, 0.5) is 40.3 Å². The SMILES string of the molecule is Cc1ccc(N(Cc2ccccc2)c2ccc(F)[c-]c2F)cc1.Cc1ccc(N(Cc2ccccc2)c2ccc(F)[c-]c2F)cc1.O=C1[CH-]CCC1=O.O=C1[CH-]CCC1=O.[Ti+4]. The van der Waals surface area contributed by atoms with Crippen molar-refractivity contribution in [3.05, 3.63) is 204 Å². The van der Waals surface area contributed by atoms with E-state index < -0.39 is 23.3 Å². The van der Waals surface area contributed by atoms with Gasteiger partial charge in [0.25, 0.3) is 0 Å². The van der Waals surface area contributed by atoms with Crippen molar-refractivity contribution in [3.8, 4) is 0 Å². The molecule has 2 fully saturated rings. The Kier molecular flexibility index (Phi) is 18.3. The summed E-state index contributed by atoms with van der Waals surface area (Å²) in [6.45, 7) is 4.97. The number of halogens is 4. The summed E-state index contributed by atoms with van der Waals surface area (Å²) in [5.41, 5.74) is 6.63. The number of ketones is 4. The van der Waals surface area contributed by atoms with E-state index in [2.05, 4.69) is 12.1 Å². The Hall–Kier alpha value is -6.23. The van der Waals surface area contributed by atoms with Crippen molar-refractivity contribution in [1.29, 1.82) is 0 Å². The fourth-order valence-electron chi connectivity index (χ4n) is 6.04. The Morgan fingerprint density at radius 1 is 0.492 bits per heavy atom. The quantitative estimate of drug-likeness (QED) is 0.0657. The van der Waals surface area contributed by atoms with Crippen molar-refractivity contribution in [3.63, 3.8) is 0 Å². The summed E-state index contributed by atoms with van der Waals surface area (Å²) in [6, 6.07) is 44.7. The molecule has 11 heteroatoms. The summed E-state index contributed by atoms with van der Waals surface area (Å²) in [5.74, 6) is -3.87. The zero-order valence-corrected chi connectivity index (χ0v) is 35.2. The molecule has 0 aromatic heterocycles. The van der Waals surface area contributed by atoms with Crippen molar-refractivity contribution in [2.45, 2.75) is 52.6 Å². The van der Waals surface area contributed by atoms with Gasteiger partial charge in [-0.3, -0.25) is 0 Å². The third-order valence-electron chi connectivity index (χ3n) is 9.27. The van der Waals surface area contributed by atoms with Gasteiger partial charge < -0.3 is 29.0 Å². The van der Waals surface area contributed by atoms with Crippen LogP contribution < -0.4 is 9.80 Å². The van der Waals surface area contributed by atoms with Crippen LogP contribution >= 0.6 is 0 Å². The van der Waals surface area contributed by atoms with Gasteiger partial charge in [0.1, 0.15) is 0 Å². The van der Waals surface area contributed by atoms with Gasteiger partial charge in [-0.05, 0) is 60.6 Å². The van der Waals surface area contributed by atoms with Crippen LogP contribution in [0.2, 0.25) is 0 Å². The maximum Gasteiger partial charge on any atom is 4.00 e. The van der Waals surface area contributed by atoms with Crippen LogP contribution in [0.15, 0.2) is 133 Å². The molecule has 0 heterocycles. The third-order valence-corrected chi connectivity index (χ3v) is 9.27. The van der Waals surface area contributed by atoms with Crippen molar-refractivity contribution < 1.29 is 58.5 Å². The van der Waals surface area contributed by atoms with E-state index in [-0.39, 0.29) is 44.9 Å². The first-order valence-electron chi connectivity index (χ1n) is 19.2. The zero-order chi connectivity index (χ0) is 43.0. The number of aryl methyl sites for hydroxylation is 2. The van der Waals surface area contributed by atoms with Crippen molar-refractivity contribution >= 4 is 45.9 Å². The van der Waals surface area contributed by atoms with Crippen LogP contribution in [0, 0.1) is 62.1 Å². The number of Topliss-reactive ketones (excluding diaryl/α,β-unsaturated/α-hetero) is 4. The van der Waals surface area contributed by atoms with Crippen LogP contribution in [0.1, 0.15) is 47.9 Å². The second-order valence-electron chi connectivity index (χ2n) is 13.9. The third kappa shape index (κ3) is 14.5. The van der Waals surface area contributed by atoms with Gasteiger partial charge >= 0.3 is 21.7 Å². The number of carbonyl (C=O) groups is 4. The molecule has 0 N–H and O–H groups in total. The first-order valence-corrected chi connectivity index (χ1v) is 19.2. The molecule has 0 unspecified atom stereocenters. The first-order chi connectivity index (χ1) is 28.9. The number of hydrogen-bond acceptors (Lipinski definition) is 6. The molecule has 2 aliphatic rings. The van der Waals surface area contributed by atoms with E-state index in [1.807, 2.05) is 133 Å². The van der Waals surface area contributed by atoms with Crippen LogP contribution in [-0.4, -0.2) is 23.1 Å². The molecule has 6 aromatic carbocycles. The Morgan fingerprint density at radius 2 is 0.836 bits per heavy atom. The predicted octanol–water partition coefficient (Wildman–Crippen LogP) is 11.1. The van der Waals surface area contributed by atoms with E-state index in [1.165, 1.54) is 37.1 Å². The normalized spacial score (nSPS) is 12.6. The monoisotopic (exact) mass is 858 g/mol. The second-order valence-corrected chi connectivity index (χ2v) is 13.9. The summed E-state index contributed by atoms with van der Waals surface area (Å²) in [6.07, 6.45) is 5.03. The fourth-order valence-corrected chi connectivity index (χ4v) is 6.04. The molecular formula is C50H42F4N2O4Ti. The van der Waals surface area contributed by atoms with Gasteiger partial charge in [-0.25, -0.2) is 17.6 Å². The van der Waals surface area contributed by atoms with E-state index in [1.54, 1.807) is 0 Å². The molecule has 6 nitrogen and oxygen atoms in total. The molecule has 0 aliphatic heterocycles. The topological polar surface area (TPSA) is 74.8 Å². The smallest absolute Gasteiger partial charge is 0.403 e. The Bertz CT molecular complexity index is 2180. The number of rotatable bonds is 8.